The van der Waals surface area contributed by atoms with E-state index in [-0.39, 0.29) is 5.04 Å². The maximum Gasteiger partial charge on any atom is 0.184 e. The van der Waals surface area contributed by atoms with Crippen molar-refractivity contribution in [2.45, 2.75) is 56.1 Å². The van der Waals surface area contributed by atoms with Crippen molar-refractivity contribution in [3.05, 3.63) is 60.7 Å². The summed E-state index contributed by atoms with van der Waals surface area (Å²) in [5.41, 5.74) is -1.08. The molecule has 0 saturated carbocycles. The number of benzene rings is 2. The van der Waals surface area contributed by atoms with Crippen molar-refractivity contribution in [2.24, 2.45) is 0 Å². The van der Waals surface area contributed by atoms with Crippen LogP contribution in [0.2, 0.25) is 5.04 Å². The molecule has 4 N–H and O–H groups in total. The predicted octanol–water partition coefficient (Wildman–Crippen LogP) is 0.389. The van der Waals surface area contributed by atoms with Crippen LogP contribution < -0.4 is 10.4 Å². The number of ether oxygens (including phenoxy) is 1. The maximum atomic E-state index is 11.7. The van der Waals surface area contributed by atoms with Crippen LogP contribution in [-0.4, -0.2) is 58.8 Å². The van der Waals surface area contributed by atoms with Gasteiger partial charge in [0.15, 0.2) is 14.4 Å². The van der Waals surface area contributed by atoms with Crippen LogP contribution in [0.5, 0.6) is 0 Å². The number of aliphatic hydroxyl groups is 4. The summed E-state index contributed by atoms with van der Waals surface area (Å²) in [4.78, 5) is 0. The van der Waals surface area contributed by atoms with Gasteiger partial charge in [-0.1, -0.05) is 91.8 Å². The zero-order valence-electron chi connectivity index (χ0n) is 15.9. The second kappa shape index (κ2) is 7.47. The van der Waals surface area contributed by atoms with Gasteiger partial charge in [0, 0.05) is 0 Å². The van der Waals surface area contributed by atoms with Gasteiger partial charge in [0.2, 0.25) is 0 Å². The fourth-order valence-corrected chi connectivity index (χ4v) is 10.3. The largest absolute Gasteiger partial charge is 0.393 e. The molecule has 1 aliphatic rings. The van der Waals surface area contributed by atoms with Crippen LogP contribution in [0.4, 0.5) is 0 Å². The summed E-state index contributed by atoms with van der Waals surface area (Å²) in [6.45, 7) is 6.24. The predicted molar refractivity (Wildman–Crippen MR) is 107 cm³/mol. The molecule has 27 heavy (non-hydrogen) atoms. The first-order chi connectivity index (χ1) is 12.7. The first-order valence-electron chi connectivity index (χ1n) is 9.20. The van der Waals surface area contributed by atoms with Crippen molar-refractivity contribution in [1.82, 2.24) is 0 Å². The topological polar surface area (TPSA) is 90.2 Å². The summed E-state index contributed by atoms with van der Waals surface area (Å²) in [5, 5.41) is 43.6. The molecule has 1 saturated heterocycles. The number of rotatable bonds is 4. The minimum atomic E-state index is -2.97. The quantitative estimate of drug-likeness (QED) is 0.569. The normalized spacial score (nSPS) is 27.5. The number of hydrogen-bond donors (Lipinski definition) is 4. The first kappa shape index (κ1) is 20.2. The summed E-state index contributed by atoms with van der Waals surface area (Å²) in [5.74, 6) is 0. The van der Waals surface area contributed by atoms with E-state index in [0.717, 1.165) is 10.4 Å². The smallest absolute Gasteiger partial charge is 0.184 e. The third-order valence-electron chi connectivity index (χ3n) is 5.67. The van der Waals surface area contributed by atoms with Gasteiger partial charge in [0.25, 0.3) is 0 Å². The Morgan fingerprint density at radius 3 is 1.59 bits per heavy atom. The van der Waals surface area contributed by atoms with Gasteiger partial charge in [-0.25, -0.2) is 0 Å². The molecule has 5 nitrogen and oxygen atoms in total. The molecule has 146 valence electrons. The van der Waals surface area contributed by atoms with Crippen LogP contribution in [0, 0.1) is 0 Å². The van der Waals surface area contributed by atoms with Gasteiger partial charge in [-0.05, 0) is 5.04 Å². The average Bonchev–Trinajstić information content (AvgIpc) is 2.90. The van der Waals surface area contributed by atoms with E-state index in [9.17, 15) is 20.4 Å². The highest BCUT2D eigenvalue weighted by Gasteiger charge is 2.59. The van der Waals surface area contributed by atoms with Gasteiger partial charge in [-0.2, -0.15) is 0 Å². The fraction of sp³-hybridized carbons (Fsp3) is 0.429. The Bertz CT molecular complexity index is 707. The highest BCUT2D eigenvalue weighted by molar-refractivity contribution is 7.05. The number of hydrogen-bond acceptors (Lipinski definition) is 5. The van der Waals surface area contributed by atoms with Crippen molar-refractivity contribution in [3.8, 4) is 0 Å². The van der Waals surface area contributed by atoms with Crippen LogP contribution in [0.15, 0.2) is 60.7 Å². The molecule has 5 atom stereocenters. The van der Waals surface area contributed by atoms with Crippen LogP contribution >= 0.6 is 0 Å². The molecular formula is C21H28O5Si. The minimum Gasteiger partial charge on any atom is -0.393 e. The lowest BCUT2D eigenvalue weighted by Gasteiger charge is -2.48. The van der Waals surface area contributed by atoms with Crippen LogP contribution in [0.3, 0.4) is 0 Å². The van der Waals surface area contributed by atoms with Crippen molar-refractivity contribution in [2.75, 3.05) is 0 Å². The van der Waals surface area contributed by atoms with E-state index in [4.69, 9.17) is 4.74 Å². The Labute approximate surface area is 160 Å². The molecule has 0 spiro atoms. The van der Waals surface area contributed by atoms with Gasteiger partial charge in [0.05, 0.1) is 5.73 Å². The van der Waals surface area contributed by atoms with Gasteiger partial charge < -0.3 is 25.2 Å². The molecule has 0 bridgehead atoms. The molecule has 2 aromatic rings. The Hall–Kier alpha value is -1.54. The molecule has 0 radical (unpaired) electrons. The van der Waals surface area contributed by atoms with Gasteiger partial charge in [0.1, 0.15) is 18.3 Å². The Morgan fingerprint density at radius 1 is 0.815 bits per heavy atom. The minimum absolute atomic E-state index is 0.350. The molecule has 2 unspecified atom stereocenters. The zero-order chi connectivity index (χ0) is 19.8. The molecule has 6 heteroatoms. The average molecular weight is 389 g/mol. The van der Waals surface area contributed by atoms with Crippen LogP contribution in [0.1, 0.15) is 20.8 Å². The number of aliphatic hydroxyl groups excluding tert-OH is 4. The van der Waals surface area contributed by atoms with E-state index in [1.165, 1.54) is 0 Å². The summed E-state index contributed by atoms with van der Waals surface area (Å²) in [6.07, 6.45) is -5.40. The van der Waals surface area contributed by atoms with Gasteiger partial charge in [-0.15, -0.1) is 0 Å². The lowest BCUT2D eigenvalue weighted by molar-refractivity contribution is -0.138. The van der Waals surface area contributed by atoms with E-state index in [2.05, 4.69) is 20.8 Å². The lowest BCUT2D eigenvalue weighted by atomic mass is 10.1. The molecule has 1 heterocycles. The standard InChI is InChI=1S/C21H28O5Si/c1-21(2,3)27(14-10-6-4-7-11-14,15-12-8-5-9-13-15)20(25)18-16(22)17(23)19(24)26-18/h4-13,16-20,22-25H,1-3H3/t16-,17+,18-,19?,20?/m0/s1. The van der Waals surface area contributed by atoms with Crippen molar-refractivity contribution in [3.63, 3.8) is 0 Å². The molecule has 1 fully saturated rings. The third kappa shape index (κ3) is 3.27. The first-order valence-corrected chi connectivity index (χ1v) is 11.3. The summed E-state index contributed by atoms with van der Waals surface area (Å²) >= 11 is 0. The summed E-state index contributed by atoms with van der Waals surface area (Å²) < 4.78 is 5.43. The van der Waals surface area contributed by atoms with Crippen molar-refractivity contribution < 1.29 is 25.2 Å². The highest BCUT2D eigenvalue weighted by atomic mass is 28.3. The van der Waals surface area contributed by atoms with Gasteiger partial charge in [-0.3, -0.25) is 0 Å². The third-order valence-corrected chi connectivity index (χ3v) is 11.7. The second-order valence-electron chi connectivity index (χ2n) is 8.21. The maximum absolute atomic E-state index is 11.7. The Morgan fingerprint density at radius 2 is 1.26 bits per heavy atom. The van der Waals surface area contributed by atoms with Crippen LogP contribution in [0.25, 0.3) is 0 Å². The van der Waals surface area contributed by atoms with E-state index in [1.54, 1.807) is 0 Å². The fourth-order valence-electron chi connectivity index (χ4n) is 4.41. The summed E-state index contributed by atoms with van der Waals surface area (Å²) in [6, 6.07) is 19.6. The molecular weight excluding hydrogens is 360 g/mol. The van der Waals surface area contributed by atoms with E-state index >= 15 is 0 Å². The van der Waals surface area contributed by atoms with Gasteiger partial charge >= 0.3 is 0 Å². The molecule has 2 aromatic carbocycles. The molecule has 3 rings (SSSR count). The van der Waals surface area contributed by atoms with E-state index in [0.29, 0.717) is 0 Å². The Balaban J connectivity index is 2.24. The Kier molecular flexibility index (Phi) is 5.58. The van der Waals surface area contributed by atoms with Crippen LogP contribution in [-0.2, 0) is 4.74 Å². The van der Waals surface area contributed by atoms with Crippen molar-refractivity contribution in [1.29, 1.82) is 0 Å². The summed E-state index contributed by atoms with van der Waals surface area (Å²) in [7, 11) is -2.97. The molecule has 0 aliphatic carbocycles. The SMILES string of the molecule is CC(C)(C)[Si](c1ccccc1)(c1ccccc1)C(O)[C@H]1OC(O)[C@H](O)[C@@H]1O. The lowest BCUT2D eigenvalue weighted by Crippen LogP contribution is -2.75. The van der Waals surface area contributed by atoms with E-state index < -0.39 is 38.4 Å². The molecule has 0 aromatic heterocycles. The molecule has 0 amide bonds. The second-order valence-corrected chi connectivity index (χ2v) is 13.1. The molecule has 1 aliphatic heterocycles. The monoisotopic (exact) mass is 388 g/mol. The zero-order valence-corrected chi connectivity index (χ0v) is 16.9. The van der Waals surface area contributed by atoms with E-state index in [1.807, 2.05) is 60.7 Å². The highest BCUT2D eigenvalue weighted by Crippen LogP contribution is 2.41. The van der Waals surface area contributed by atoms with Crippen molar-refractivity contribution >= 4 is 18.4 Å².